The summed E-state index contributed by atoms with van der Waals surface area (Å²) in [6.07, 6.45) is 0.989. The van der Waals surface area contributed by atoms with Crippen LogP contribution >= 0.6 is 11.3 Å². The van der Waals surface area contributed by atoms with E-state index in [2.05, 4.69) is 35.1 Å². The molecule has 0 bridgehead atoms. The number of benzene rings is 1. The van der Waals surface area contributed by atoms with Crippen LogP contribution in [0.3, 0.4) is 0 Å². The summed E-state index contributed by atoms with van der Waals surface area (Å²) in [5.41, 5.74) is 11.6. The number of nitrogens with zero attached hydrogens (tertiary/aromatic N) is 3. The Morgan fingerprint density at radius 1 is 1.24 bits per heavy atom. The van der Waals surface area contributed by atoms with E-state index in [1.807, 2.05) is 11.4 Å². The van der Waals surface area contributed by atoms with Gasteiger partial charge in [0.15, 0.2) is 5.13 Å². The molecule has 21 heavy (non-hydrogen) atoms. The van der Waals surface area contributed by atoms with Gasteiger partial charge in [-0.25, -0.2) is 4.98 Å². The molecule has 0 unspecified atom stereocenters. The molecule has 1 aliphatic rings. The average Bonchev–Trinajstić information content (AvgIpc) is 2.91. The smallest absolute Gasteiger partial charge is 0.180 e. The van der Waals surface area contributed by atoms with E-state index in [-0.39, 0.29) is 0 Å². The van der Waals surface area contributed by atoms with Gasteiger partial charge in [-0.15, -0.1) is 11.3 Å². The fourth-order valence-electron chi connectivity index (χ4n) is 3.02. The standard InChI is InChI=1S/C16H16N4S/c1-20-7-6-13-11(8-20)15(14-9-21-16(17)19-14)10-4-2-3-5-12(10)18-13/h2-5,9H,6-8H2,1H3,(H2,17,19). The summed E-state index contributed by atoms with van der Waals surface area (Å²) in [7, 11) is 2.15. The van der Waals surface area contributed by atoms with Crippen LogP contribution in [-0.4, -0.2) is 28.5 Å². The maximum absolute atomic E-state index is 5.84. The molecule has 5 heteroatoms. The minimum absolute atomic E-state index is 0.615. The maximum Gasteiger partial charge on any atom is 0.180 e. The highest BCUT2D eigenvalue weighted by Gasteiger charge is 2.22. The third kappa shape index (κ3) is 2.09. The maximum atomic E-state index is 5.84. The third-order valence-electron chi connectivity index (χ3n) is 4.02. The zero-order valence-electron chi connectivity index (χ0n) is 11.8. The Hall–Kier alpha value is -1.98. The summed E-state index contributed by atoms with van der Waals surface area (Å²) in [4.78, 5) is 11.7. The molecule has 0 atom stereocenters. The molecular formula is C16H16N4S. The summed E-state index contributed by atoms with van der Waals surface area (Å²) in [6, 6.07) is 8.30. The van der Waals surface area contributed by atoms with Crippen LogP contribution in [-0.2, 0) is 13.0 Å². The van der Waals surface area contributed by atoms with Crippen molar-refractivity contribution in [1.29, 1.82) is 0 Å². The molecule has 2 aromatic heterocycles. The minimum Gasteiger partial charge on any atom is -0.375 e. The first kappa shape index (κ1) is 12.7. The van der Waals surface area contributed by atoms with Gasteiger partial charge >= 0.3 is 0 Å². The van der Waals surface area contributed by atoms with Crippen molar-refractivity contribution in [2.75, 3.05) is 19.3 Å². The molecule has 4 nitrogen and oxygen atoms in total. The molecule has 3 heterocycles. The zero-order chi connectivity index (χ0) is 14.4. The van der Waals surface area contributed by atoms with Gasteiger partial charge in [-0.3, -0.25) is 4.98 Å². The van der Waals surface area contributed by atoms with Gasteiger partial charge in [-0.2, -0.15) is 0 Å². The van der Waals surface area contributed by atoms with Gasteiger partial charge in [0.2, 0.25) is 0 Å². The highest BCUT2D eigenvalue weighted by molar-refractivity contribution is 7.13. The molecule has 0 radical (unpaired) electrons. The van der Waals surface area contributed by atoms with Crippen molar-refractivity contribution in [3.63, 3.8) is 0 Å². The lowest BCUT2D eigenvalue weighted by atomic mass is 9.94. The summed E-state index contributed by atoms with van der Waals surface area (Å²) < 4.78 is 0. The van der Waals surface area contributed by atoms with E-state index in [1.165, 1.54) is 28.2 Å². The number of nitrogen functional groups attached to an aromatic ring is 1. The molecule has 1 aromatic carbocycles. The molecule has 0 saturated carbocycles. The molecule has 106 valence electrons. The van der Waals surface area contributed by atoms with Gasteiger partial charge in [-0.05, 0) is 18.7 Å². The van der Waals surface area contributed by atoms with Crippen LogP contribution in [0, 0.1) is 0 Å². The number of hydrogen-bond donors (Lipinski definition) is 1. The normalized spacial score (nSPS) is 15.3. The lowest BCUT2D eigenvalue weighted by Gasteiger charge is -2.26. The first-order valence-electron chi connectivity index (χ1n) is 7.03. The highest BCUT2D eigenvalue weighted by Crippen LogP contribution is 2.36. The number of hydrogen-bond acceptors (Lipinski definition) is 5. The van der Waals surface area contributed by atoms with E-state index in [0.717, 1.165) is 36.1 Å². The lowest BCUT2D eigenvalue weighted by molar-refractivity contribution is 0.311. The van der Waals surface area contributed by atoms with Crippen LogP contribution in [0.1, 0.15) is 11.3 Å². The lowest BCUT2D eigenvalue weighted by Crippen LogP contribution is -2.28. The molecule has 1 aliphatic heterocycles. The van der Waals surface area contributed by atoms with Crippen molar-refractivity contribution >= 4 is 27.4 Å². The summed E-state index contributed by atoms with van der Waals surface area (Å²) in [5, 5.41) is 3.83. The second-order valence-corrected chi connectivity index (χ2v) is 6.38. The van der Waals surface area contributed by atoms with Gasteiger partial charge in [0.1, 0.15) is 0 Å². The van der Waals surface area contributed by atoms with Crippen LogP contribution in [0.15, 0.2) is 29.6 Å². The highest BCUT2D eigenvalue weighted by atomic mass is 32.1. The first-order chi connectivity index (χ1) is 10.2. The average molecular weight is 296 g/mol. The Bertz CT molecular complexity index is 824. The van der Waals surface area contributed by atoms with E-state index >= 15 is 0 Å². The van der Waals surface area contributed by atoms with Crippen LogP contribution in [0.5, 0.6) is 0 Å². The second-order valence-electron chi connectivity index (χ2n) is 5.49. The fourth-order valence-corrected chi connectivity index (χ4v) is 3.57. The molecule has 0 aliphatic carbocycles. The Morgan fingerprint density at radius 2 is 2.10 bits per heavy atom. The van der Waals surface area contributed by atoms with E-state index < -0.39 is 0 Å². The molecular weight excluding hydrogens is 280 g/mol. The molecule has 2 N–H and O–H groups in total. The number of thiazole rings is 1. The van der Waals surface area contributed by atoms with Crippen LogP contribution < -0.4 is 5.73 Å². The number of anilines is 1. The number of aromatic nitrogens is 2. The molecule has 0 spiro atoms. The molecule has 3 aromatic rings. The quantitative estimate of drug-likeness (QED) is 0.750. The first-order valence-corrected chi connectivity index (χ1v) is 7.91. The number of nitrogens with two attached hydrogens (primary N) is 1. The predicted molar refractivity (Wildman–Crippen MR) is 87.3 cm³/mol. The SMILES string of the molecule is CN1CCc2nc3ccccc3c(-c3csc(N)n3)c2C1. The van der Waals surface area contributed by atoms with Crippen molar-refractivity contribution in [3.05, 3.63) is 40.9 Å². The summed E-state index contributed by atoms with van der Waals surface area (Å²) in [6.45, 7) is 1.97. The Morgan fingerprint density at radius 3 is 2.90 bits per heavy atom. The number of pyridine rings is 1. The van der Waals surface area contributed by atoms with Gasteiger partial charge in [0, 0.05) is 41.5 Å². The Labute approximate surface area is 127 Å². The van der Waals surface area contributed by atoms with Crippen LogP contribution in [0.25, 0.3) is 22.2 Å². The van der Waals surface area contributed by atoms with Crippen LogP contribution in [0.4, 0.5) is 5.13 Å². The van der Waals surface area contributed by atoms with E-state index in [1.54, 1.807) is 0 Å². The van der Waals surface area contributed by atoms with Gasteiger partial charge in [0.25, 0.3) is 0 Å². The molecule has 4 rings (SSSR count). The second kappa shape index (κ2) is 4.79. The molecule has 0 saturated heterocycles. The number of fused-ring (bicyclic) bond motifs is 2. The van der Waals surface area contributed by atoms with Crippen molar-refractivity contribution in [2.24, 2.45) is 0 Å². The number of para-hydroxylation sites is 1. The largest absolute Gasteiger partial charge is 0.375 e. The zero-order valence-corrected chi connectivity index (χ0v) is 12.7. The van der Waals surface area contributed by atoms with E-state index in [9.17, 15) is 0 Å². The molecule has 0 amide bonds. The summed E-state index contributed by atoms with van der Waals surface area (Å²) >= 11 is 1.49. The van der Waals surface area contributed by atoms with Crippen molar-refractivity contribution in [3.8, 4) is 11.3 Å². The van der Waals surface area contributed by atoms with Gasteiger partial charge in [0.05, 0.1) is 11.2 Å². The van der Waals surface area contributed by atoms with Crippen molar-refractivity contribution in [1.82, 2.24) is 14.9 Å². The fraction of sp³-hybridized carbons (Fsp3) is 0.250. The number of likely N-dealkylation sites (N-methyl/N-ethyl adjacent to an activating group) is 1. The monoisotopic (exact) mass is 296 g/mol. The minimum atomic E-state index is 0.615. The van der Waals surface area contributed by atoms with E-state index in [4.69, 9.17) is 10.7 Å². The van der Waals surface area contributed by atoms with Crippen molar-refractivity contribution < 1.29 is 0 Å². The predicted octanol–water partition coefficient (Wildman–Crippen LogP) is 2.93. The van der Waals surface area contributed by atoms with Crippen molar-refractivity contribution in [2.45, 2.75) is 13.0 Å². The Balaban J connectivity index is 2.07. The molecule has 0 fully saturated rings. The van der Waals surface area contributed by atoms with E-state index in [0.29, 0.717) is 5.13 Å². The third-order valence-corrected chi connectivity index (χ3v) is 4.69. The van der Waals surface area contributed by atoms with Gasteiger partial charge in [-0.1, -0.05) is 18.2 Å². The number of rotatable bonds is 1. The topological polar surface area (TPSA) is 55.0 Å². The van der Waals surface area contributed by atoms with Gasteiger partial charge < -0.3 is 10.6 Å². The Kier molecular flexibility index (Phi) is 2.90. The summed E-state index contributed by atoms with van der Waals surface area (Å²) in [5.74, 6) is 0. The van der Waals surface area contributed by atoms with Crippen LogP contribution in [0.2, 0.25) is 0 Å².